The predicted octanol–water partition coefficient (Wildman–Crippen LogP) is 3.13. The van der Waals surface area contributed by atoms with E-state index in [4.69, 9.17) is 0 Å². The number of piperidine rings is 1. The molecule has 1 aliphatic rings. The van der Waals surface area contributed by atoms with E-state index in [1.165, 1.54) is 25.9 Å². The molecule has 1 fully saturated rings. The molecule has 0 aromatic carbocycles. The van der Waals surface area contributed by atoms with Gasteiger partial charge in [-0.25, -0.2) is 0 Å². The maximum Gasteiger partial charge on any atom is 0.0105 e. The molecule has 1 heterocycles. The molecule has 1 saturated heterocycles. The molecule has 0 aliphatic carbocycles. The molecule has 1 rings (SSSR count). The molecule has 0 aromatic rings. The molecule has 2 heteroatoms. The van der Waals surface area contributed by atoms with Crippen molar-refractivity contribution in [3.63, 3.8) is 0 Å². The predicted molar refractivity (Wildman–Crippen MR) is 76.4 cm³/mol. The molecular weight excluding hydrogens is 208 g/mol. The van der Waals surface area contributed by atoms with Crippen LogP contribution in [-0.2, 0) is 0 Å². The van der Waals surface area contributed by atoms with Crippen molar-refractivity contribution in [2.75, 3.05) is 19.6 Å². The van der Waals surface area contributed by atoms with Gasteiger partial charge in [0.1, 0.15) is 0 Å². The number of nitrogens with zero attached hydrogens (tertiary/aromatic N) is 1. The van der Waals surface area contributed by atoms with Gasteiger partial charge in [0.05, 0.1) is 0 Å². The number of nitrogens with one attached hydrogen (secondary N) is 1. The summed E-state index contributed by atoms with van der Waals surface area (Å²) < 4.78 is 0. The van der Waals surface area contributed by atoms with Gasteiger partial charge in [-0.2, -0.15) is 0 Å². The Kier molecular flexibility index (Phi) is 5.46. The Morgan fingerprint density at radius 2 is 1.59 bits per heavy atom. The highest BCUT2D eigenvalue weighted by atomic mass is 15.2. The summed E-state index contributed by atoms with van der Waals surface area (Å²) in [4.78, 5) is 2.68. The molecule has 0 aromatic heterocycles. The Morgan fingerprint density at radius 3 is 2.06 bits per heavy atom. The summed E-state index contributed by atoms with van der Waals surface area (Å²) >= 11 is 0. The van der Waals surface area contributed by atoms with Crippen molar-refractivity contribution >= 4 is 0 Å². The molecule has 0 radical (unpaired) electrons. The fraction of sp³-hybridized carbons (Fsp3) is 1.00. The maximum atomic E-state index is 3.55. The summed E-state index contributed by atoms with van der Waals surface area (Å²) in [7, 11) is 0. The summed E-state index contributed by atoms with van der Waals surface area (Å²) in [6, 6.07) is 1.31. The van der Waals surface area contributed by atoms with Crippen LogP contribution in [0, 0.1) is 11.3 Å². The van der Waals surface area contributed by atoms with Crippen molar-refractivity contribution in [3.05, 3.63) is 0 Å². The third kappa shape index (κ3) is 4.97. The lowest BCUT2D eigenvalue weighted by molar-refractivity contribution is 0.0774. The first-order valence-electron chi connectivity index (χ1n) is 7.29. The van der Waals surface area contributed by atoms with Crippen LogP contribution in [0.25, 0.3) is 0 Å². The van der Waals surface area contributed by atoms with Crippen LogP contribution in [-0.4, -0.2) is 36.6 Å². The SMILES string of the molecule is CC(C)NCC(C)C(C)N1CCC(C)(C)CC1. The zero-order valence-corrected chi connectivity index (χ0v) is 12.7. The molecule has 0 spiro atoms. The smallest absolute Gasteiger partial charge is 0.0105 e. The van der Waals surface area contributed by atoms with E-state index in [2.05, 4.69) is 51.8 Å². The van der Waals surface area contributed by atoms with Crippen molar-refractivity contribution in [2.24, 2.45) is 11.3 Å². The largest absolute Gasteiger partial charge is 0.314 e. The van der Waals surface area contributed by atoms with Crippen molar-refractivity contribution in [3.8, 4) is 0 Å². The Morgan fingerprint density at radius 1 is 1.06 bits per heavy atom. The standard InChI is InChI=1S/C15H32N2/c1-12(2)16-11-13(3)14(4)17-9-7-15(5,6)8-10-17/h12-14,16H,7-11H2,1-6H3. The second kappa shape index (κ2) is 6.19. The normalized spacial score (nSPS) is 24.9. The molecule has 1 aliphatic heterocycles. The first-order chi connectivity index (χ1) is 7.82. The minimum absolute atomic E-state index is 0.565. The van der Waals surface area contributed by atoms with Crippen molar-refractivity contribution in [1.82, 2.24) is 10.2 Å². The van der Waals surface area contributed by atoms with E-state index in [-0.39, 0.29) is 0 Å². The van der Waals surface area contributed by atoms with Crippen molar-refractivity contribution in [1.29, 1.82) is 0 Å². The zero-order chi connectivity index (χ0) is 13.1. The van der Waals surface area contributed by atoms with Gasteiger partial charge in [-0.3, -0.25) is 0 Å². The fourth-order valence-corrected chi connectivity index (χ4v) is 2.49. The molecule has 0 bridgehead atoms. The van der Waals surface area contributed by atoms with Gasteiger partial charge in [0.2, 0.25) is 0 Å². The van der Waals surface area contributed by atoms with E-state index in [0.29, 0.717) is 17.5 Å². The van der Waals surface area contributed by atoms with Gasteiger partial charge in [0.15, 0.2) is 0 Å². The van der Waals surface area contributed by atoms with Crippen LogP contribution >= 0.6 is 0 Å². The number of hydrogen-bond donors (Lipinski definition) is 1. The van der Waals surface area contributed by atoms with Gasteiger partial charge in [0, 0.05) is 12.1 Å². The lowest BCUT2D eigenvalue weighted by atomic mass is 9.81. The minimum atomic E-state index is 0.565. The molecule has 2 nitrogen and oxygen atoms in total. The minimum Gasteiger partial charge on any atom is -0.314 e. The second-order valence-electron chi connectivity index (χ2n) is 6.98. The topological polar surface area (TPSA) is 15.3 Å². The van der Waals surface area contributed by atoms with Crippen LogP contribution in [0.3, 0.4) is 0 Å². The van der Waals surface area contributed by atoms with Crippen LogP contribution in [0.5, 0.6) is 0 Å². The molecule has 0 saturated carbocycles. The quantitative estimate of drug-likeness (QED) is 0.794. The monoisotopic (exact) mass is 240 g/mol. The number of likely N-dealkylation sites (tertiary alicyclic amines) is 1. The van der Waals surface area contributed by atoms with E-state index in [1.54, 1.807) is 0 Å². The Hall–Kier alpha value is -0.0800. The highest BCUT2D eigenvalue weighted by molar-refractivity contribution is 4.83. The van der Waals surface area contributed by atoms with Crippen LogP contribution < -0.4 is 5.32 Å². The van der Waals surface area contributed by atoms with Crippen LogP contribution in [0.15, 0.2) is 0 Å². The van der Waals surface area contributed by atoms with Gasteiger partial charge in [-0.15, -0.1) is 0 Å². The Balaban J connectivity index is 2.35. The van der Waals surface area contributed by atoms with E-state index in [9.17, 15) is 0 Å². The van der Waals surface area contributed by atoms with Crippen LogP contribution in [0.2, 0.25) is 0 Å². The summed E-state index contributed by atoms with van der Waals surface area (Å²) in [6.07, 6.45) is 2.70. The maximum absolute atomic E-state index is 3.55. The van der Waals surface area contributed by atoms with E-state index >= 15 is 0 Å². The summed E-state index contributed by atoms with van der Waals surface area (Å²) in [6.45, 7) is 17.7. The zero-order valence-electron chi connectivity index (χ0n) is 12.7. The number of hydrogen-bond acceptors (Lipinski definition) is 2. The lowest BCUT2D eigenvalue weighted by Gasteiger charge is -2.42. The third-order valence-electron chi connectivity index (χ3n) is 4.40. The van der Waals surface area contributed by atoms with Gasteiger partial charge in [-0.05, 0) is 50.7 Å². The van der Waals surface area contributed by atoms with Gasteiger partial charge >= 0.3 is 0 Å². The average molecular weight is 240 g/mol. The van der Waals surface area contributed by atoms with Crippen LogP contribution in [0.4, 0.5) is 0 Å². The highest BCUT2D eigenvalue weighted by Crippen LogP contribution is 2.31. The molecule has 17 heavy (non-hydrogen) atoms. The first kappa shape index (κ1) is 15.0. The number of rotatable bonds is 5. The molecular formula is C15H32N2. The molecule has 0 amide bonds. The van der Waals surface area contributed by atoms with Gasteiger partial charge < -0.3 is 10.2 Å². The van der Waals surface area contributed by atoms with E-state index < -0.39 is 0 Å². The third-order valence-corrected chi connectivity index (χ3v) is 4.40. The Labute approximate surface area is 108 Å². The van der Waals surface area contributed by atoms with Crippen molar-refractivity contribution in [2.45, 2.75) is 66.5 Å². The first-order valence-corrected chi connectivity index (χ1v) is 7.29. The summed E-state index contributed by atoms with van der Waals surface area (Å²) in [5.74, 6) is 0.735. The molecule has 1 N–H and O–H groups in total. The molecule has 102 valence electrons. The highest BCUT2D eigenvalue weighted by Gasteiger charge is 2.29. The summed E-state index contributed by atoms with van der Waals surface area (Å²) in [5, 5.41) is 3.55. The second-order valence-corrected chi connectivity index (χ2v) is 6.98. The van der Waals surface area contributed by atoms with E-state index in [1.807, 2.05) is 0 Å². The fourth-order valence-electron chi connectivity index (χ4n) is 2.49. The van der Waals surface area contributed by atoms with Gasteiger partial charge in [0.25, 0.3) is 0 Å². The molecule has 2 unspecified atom stereocenters. The van der Waals surface area contributed by atoms with Gasteiger partial charge in [-0.1, -0.05) is 34.6 Å². The van der Waals surface area contributed by atoms with Crippen molar-refractivity contribution < 1.29 is 0 Å². The average Bonchev–Trinajstić information content (AvgIpc) is 2.25. The molecule has 2 atom stereocenters. The van der Waals surface area contributed by atoms with Crippen LogP contribution in [0.1, 0.15) is 54.4 Å². The summed E-state index contributed by atoms with van der Waals surface area (Å²) in [5.41, 5.74) is 0.565. The van der Waals surface area contributed by atoms with E-state index in [0.717, 1.165) is 12.5 Å². The lowest BCUT2D eigenvalue weighted by Crippen LogP contribution is -2.47. The Bertz CT molecular complexity index is 213.